The Morgan fingerprint density at radius 3 is 2.26 bits per heavy atom. The van der Waals surface area contributed by atoms with Gasteiger partial charge in [0.2, 0.25) is 5.91 Å². The number of nitrogens with one attached hydrogen (secondary N) is 1. The third-order valence-electron chi connectivity index (χ3n) is 4.33. The molecule has 0 aromatic heterocycles. The molecule has 2 aromatic rings. The largest absolute Gasteiger partial charge is 0.494 e. The zero-order valence-corrected chi connectivity index (χ0v) is 16.7. The molecule has 2 rings (SSSR count). The topological polar surface area (TPSA) is 50.8 Å². The molecule has 0 aliphatic rings. The molecule has 5 heteroatoms. The number of aryl methyl sites for hydroxylation is 1. The van der Waals surface area contributed by atoms with Gasteiger partial charge in [0, 0.05) is 12.2 Å². The van der Waals surface area contributed by atoms with Gasteiger partial charge in [-0.25, -0.2) is 0 Å². The van der Waals surface area contributed by atoms with Crippen LogP contribution in [0.2, 0.25) is 0 Å². The monoisotopic (exact) mass is 370 g/mol. The molecule has 0 fully saturated rings. The molecular formula is C22H30N2O3. The number of anilines is 1. The number of likely N-dealkylation sites (N-methyl/N-ethyl adjacent to an activating group) is 1. The van der Waals surface area contributed by atoms with Crippen molar-refractivity contribution in [3.8, 4) is 11.5 Å². The average Bonchev–Trinajstić information content (AvgIpc) is 2.65. The number of benzene rings is 2. The van der Waals surface area contributed by atoms with Crippen molar-refractivity contribution in [2.45, 2.75) is 27.2 Å². The lowest BCUT2D eigenvalue weighted by atomic mass is 10.1. The van der Waals surface area contributed by atoms with E-state index in [0.29, 0.717) is 19.7 Å². The summed E-state index contributed by atoms with van der Waals surface area (Å²) in [7, 11) is 1.91. The van der Waals surface area contributed by atoms with Crippen LogP contribution >= 0.6 is 0 Å². The van der Waals surface area contributed by atoms with Crippen molar-refractivity contribution >= 4 is 11.6 Å². The van der Waals surface area contributed by atoms with Crippen LogP contribution in [0.25, 0.3) is 0 Å². The van der Waals surface area contributed by atoms with Gasteiger partial charge in [0.25, 0.3) is 0 Å². The Hall–Kier alpha value is -2.53. The number of carbonyl (C=O) groups excluding carboxylic acids is 1. The van der Waals surface area contributed by atoms with E-state index >= 15 is 0 Å². The molecule has 0 heterocycles. The van der Waals surface area contributed by atoms with E-state index in [-0.39, 0.29) is 5.91 Å². The molecule has 0 aliphatic heterocycles. The lowest BCUT2D eigenvalue weighted by Crippen LogP contribution is -2.33. The summed E-state index contributed by atoms with van der Waals surface area (Å²) in [5.41, 5.74) is 3.14. The highest BCUT2D eigenvalue weighted by atomic mass is 16.5. The molecule has 0 atom stereocenters. The number of hydrogen-bond donors (Lipinski definition) is 1. The normalized spacial score (nSPS) is 10.7. The molecule has 0 spiro atoms. The van der Waals surface area contributed by atoms with Crippen LogP contribution in [0.1, 0.15) is 24.5 Å². The summed E-state index contributed by atoms with van der Waals surface area (Å²) in [6.07, 6.45) is 0.988. The fourth-order valence-corrected chi connectivity index (χ4v) is 2.57. The number of hydrogen-bond acceptors (Lipinski definition) is 4. The Morgan fingerprint density at radius 2 is 1.63 bits per heavy atom. The summed E-state index contributed by atoms with van der Waals surface area (Å²) in [5, 5.41) is 2.98. The van der Waals surface area contributed by atoms with Gasteiger partial charge in [-0.3, -0.25) is 9.69 Å². The predicted molar refractivity (Wildman–Crippen MR) is 110 cm³/mol. The first kappa shape index (κ1) is 20.8. The summed E-state index contributed by atoms with van der Waals surface area (Å²) in [5.74, 6) is 1.63. The van der Waals surface area contributed by atoms with Gasteiger partial charge in [0.1, 0.15) is 18.1 Å². The van der Waals surface area contributed by atoms with Crippen molar-refractivity contribution < 1.29 is 14.3 Å². The van der Waals surface area contributed by atoms with Gasteiger partial charge >= 0.3 is 0 Å². The van der Waals surface area contributed by atoms with Crippen molar-refractivity contribution in [2.24, 2.45) is 0 Å². The molecule has 0 unspecified atom stereocenters. The van der Waals surface area contributed by atoms with E-state index < -0.39 is 0 Å². The van der Waals surface area contributed by atoms with E-state index in [2.05, 4.69) is 12.2 Å². The van der Waals surface area contributed by atoms with Crippen LogP contribution in [-0.2, 0) is 4.79 Å². The minimum atomic E-state index is -0.0244. The van der Waals surface area contributed by atoms with Crippen LogP contribution in [0.3, 0.4) is 0 Å². The van der Waals surface area contributed by atoms with Crippen molar-refractivity contribution in [3.05, 3.63) is 53.6 Å². The maximum Gasteiger partial charge on any atom is 0.238 e. The molecule has 146 valence electrons. The number of amides is 1. The van der Waals surface area contributed by atoms with E-state index in [4.69, 9.17) is 9.47 Å². The molecular weight excluding hydrogens is 340 g/mol. The second-order valence-electron chi connectivity index (χ2n) is 6.70. The van der Waals surface area contributed by atoms with Gasteiger partial charge in [-0.15, -0.1) is 0 Å². The summed E-state index contributed by atoms with van der Waals surface area (Å²) in [6, 6.07) is 13.5. The molecule has 0 saturated carbocycles. The second-order valence-corrected chi connectivity index (χ2v) is 6.70. The Morgan fingerprint density at radius 1 is 1.00 bits per heavy atom. The van der Waals surface area contributed by atoms with E-state index in [1.165, 1.54) is 5.56 Å². The van der Waals surface area contributed by atoms with Crippen LogP contribution < -0.4 is 14.8 Å². The quantitative estimate of drug-likeness (QED) is 0.686. The average molecular weight is 370 g/mol. The SMILES string of the molecule is CCCOc1ccc(OCCN(C)CC(=O)Nc2cccc(C)c2C)cc1. The third-order valence-corrected chi connectivity index (χ3v) is 4.33. The molecule has 2 aromatic carbocycles. The van der Waals surface area contributed by atoms with Crippen molar-refractivity contribution in [2.75, 3.05) is 38.7 Å². The fraction of sp³-hybridized carbons (Fsp3) is 0.409. The van der Waals surface area contributed by atoms with Gasteiger partial charge in [0.15, 0.2) is 0 Å². The van der Waals surface area contributed by atoms with E-state index in [0.717, 1.165) is 35.8 Å². The van der Waals surface area contributed by atoms with E-state index in [1.807, 2.05) is 68.3 Å². The van der Waals surface area contributed by atoms with Crippen LogP contribution in [0.4, 0.5) is 5.69 Å². The first-order valence-corrected chi connectivity index (χ1v) is 9.40. The van der Waals surface area contributed by atoms with Crippen LogP contribution in [0.15, 0.2) is 42.5 Å². The summed E-state index contributed by atoms with van der Waals surface area (Å²) >= 11 is 0. The molecule has 0 saturated heterocycles. The molecule has 1 amide bonds. The standard InChI is InChI=1S/C22H30N2O3/c1-5-14-26-19-9-11-20(12-10-19)27-15-13-24(4)16-22(25)23-21-8-6-7-17(2)18(21)3/h6-12H,5,13-16H2,1-4H3,(H,23,25). The smallest absolute Gasteiger partial charge is 0.238 e. The number of rotatable bonds is 10. The minimum Gasteiger partial charge on any atom is -0.494 e. The highest BCUT2D eigenvalue weighted by molar-refractivity contribution is 5.93. The van der Waals surface area contributed by atoms with Gasteiger partial charge < -0.3 is 14.8 Å². The number of nitrogens with zero attached hydrogens (tertiary/aromatic N) is 1. The van der Waals surface area contributed by atoms with Gasteiger partial charge in [0.05, 0.1) is 13.2 Å². The molecule has 0 bridgehead atoms. The Bertz CT molecular complexity index is 729. The van der Waals surface area contributed by atoms with Crippen molar-refractivity contribution in [3.63, 3.8) is 0 Å². The Balaban J connectivity index is 1.71. The van der Waals surface area contributed by atoms with Crippen LogP contribution in [0.5, 0.6) is 11.5 Å². The van der Waals surface area contributed by atoms with Crippen LogP contribution in [-0.4, -0.2) is 44.2 Å². The Labute approximate surface area is 162 Å². The molecule has 0 radical (unpaired) electrons. The lowest BCUT2D eigenvalue weighted by Gasteiger charge is -2.17. The first-order chi connectivity index (χ1) is 13.0. The summed E-state index contributed by atoms with van der Waals surface area (Å²) in [4.78, 5) is 14.2. The van der Waals surface area contributed by atoms with Gasteiger partial charge in [-0.1, -0.05) is 19.1 Å². The molecule has 1 N–H and O–H groups in total. The zero-order chi connectivity index (χ0) is 19.6. The molecule has 0 aliphatic carbocycles. The highest BCUT2D eigenvalue weighted by Crippen LogP contribution is 2.18. The number of carbonyl (C=O) groups is 1. The highest BCUT2D eigenvalue weighted by Gasteiger charge is 2.09. The van der Waals surface area contributed by atoms with Gasteiger partial charge in [-0.2, -0.15) is 0 Å². The predicted octanol–water partition coefficient (Wildman–Crippen LogP) is 4.04. The fourth-order valence-electron chi connectivity index (χ4n) is 2.57. The van der Waals surface area contributed by atoms with Gasteiger partial charge in [-0.05, 0) is 68.8 Å². The zero-order valence-electron chi connectivity index (χ0n) is 16.7. The lowest BCUT2D eigenvalue weighted by molar-refractivity contribution is -0.117. The van der Waals surface area contributed by atoms with Crippen LogP contribution in [0, 0.1) is 13.8 Å². The summed E-state index contributed by atoms with van der Waals surface area (Å²) < 4.78 is 11.3. The molecule has 27 heavy (non-hydrogen) atoms. The maximum atomic E-state index is 12.2. The molecule has 5 nitrogen and oxygen atoms in total. The Kier molecular flexibility index (Phi) is 8.14. The third kappa shape index (κ3) is 6.94. The van der Waals surface area contributed by atoms with Crippen molar-refractivity contribution in [1.29, 1.82) is 0 Å². The first-order valence-electron chi connectivity index (χ1n) is 9.40. The number of ether oxygens (including phenoxy) is 2. The summed E-state index contributed by atoms with van der Waals surface area (Å²) in [6.45, 7) is 8.35. The van der Waals surface area contributed by atoms with Crippen molar-refractivity contribution in [1.82, 2.24) is 4.90 Å². The second kappa shape index (κ2) is 10.6. The minimum absolute atomic E-state index is 0.0244. The van der Waals surface area contributed by atoms with E-state index in [9.17, 15) is 4.79 Å². The maximum absolute atomic E-state index is 12.2. The van der Waals surface area contributed by atoms with E-state index in [1.54, 1.807) is 0 Å².